The molecule has 5 heterocycles. The maximum atomic E-state index is 6.52. The van der Waals surface area contributed by atoms with Crippen molar-refractivity contribution in [3.05, 3.63) is 163 Å². The first-order chi connectivity index (χ1) is 27.3. The van der Waals surface area contributed by atoms with E-state index >= 15 is 0 Å². The van der Waals surface area contributed by atoms with Crippen LogP contribution in [0.3, 0.4) is 0 Å². The van der Waals surface area contributed by atoms with Gasteiger partial charge in [0.1, 0.15) is 11.6 Å². The summed E-state index contributed by atoms with van der Waals surface area (Å²) in [5.74, 6) is 2.81. The van der Waals surface area contributed by atoms with Crippen molar-refractivity contribution in [2.75, 3.05) is 9.80 Å². The summed E-state index contributed by atoms with van der Waals surface area (Å²) in [7, 11) is 0. The second-order valence-corrected chi connectivity index (χ2v) is 17.0. The number of rotatable bonds is 6. The summed E-state index contributed by atoms with van der Waals surface area (Å²) in [6.45, 7) is 19.8. The van der Waals surface area contributed by atoms with Crippen molar-refractivity contribution in [2.24, 2.45) is 0 Å². The van der Waals surface area contributed by atoms with Gasteiger partial charge >= 0.3 is 0 Å². The average molecular weight is 941 g/mol. The molecule has 0 bridgehead atoms. The molecule has 294 valence electrons. The molecule has 58 heavy (non-hydrogen) atoms. The molecule has 4 aromatic carbocycles. The van der Waals surface area contributed by atoms with Crippen molar-refractivity contribution < 1.29 is 25.8 Å². The van der Waals surface area contributed by atoms with Crippen LogP contribution in [0.2, 0.25) is 0 Å². The molecule has 0 atom stereocenters. The molecule has 1 aliphatic heterocycles. The van der Waals surface area contributed by atoms with Crippen LogP contribution in [-0.2, 0) is 31.9 Å². The third-order valence-electron chi connectivity index (χ3n) is 10.8. The number of aromatic nitrogens is 4. The predicted octanol–water partition coefficient (Wildman–Crippen LogP) is 12.6. The summed E-state index contributed by atoms with van der Waals surface area (Å²) < 4.78 is 8.70. The molecule has 8 aromatic rings. The molecule has 0 spiro atoms. The molecule has 0 unspecified atom stereocenters. The van der Waals surface area contributed by atoms with Crippen LogP contribution in [0.15, 0.2) is 122 Å². The van der Waals surface area contributed by atoms with Gasteiger partial charge in [-0.1, -0.05) is 77.4 Å². The van der Waals surface area contributed by atoms with Crippen LogP contribution in [0.4, 0.5) is 22.9 Å². The van der Waals surface area contributed by atoms with Gasteiger partial charge < -0.3 is 19.1 Å². The topological polar surface area (TPSA) is 59.3 Å². The zero-order chi connectivity index (χ0) is 39.6. The van der Waals surface area contributed by atoms with Gasteiger partial charge in [-0.05, 0) is 94.3 Å². The zero-order valence-electron chi connectivity index (χ0n) is 34.0. The minimum absolute atomic E-state index is 0. The van der Waals surface area contributed by atoms with Crippen LogP contribution in [0.1, 0.15) is 63.8 Å². The Morgan fingerprint density at radius 2 is 1.38 bits per heavy atom. The number of ether oxygens (including phenoxy) is 1. The Hall–Kier alpha value is -5.78. The molecule has 0 amide bonds. The number of pyridine rings is 3. The molecule has 0 aliphatic carbocycles. The van der Waals surface area contributed by atoms with Gasteiger partial charge in [-0.2, -0.15) is 12.1 Å². The molecule has 1 aliphatic rings. The quantitative estimate of drug-likeness (QED) is 0.155. The fourth-order valence-corrected chi connectivity index (χ4v) is 7.84. The van der Waals surface area contributed by atoms with E-state index in [1.54, 1.807) is 0 Å². The Morgan fingerprint density at radius 3 is 2.12 bits per heavy atom. The molecule has 0 saturated carbocycles. The maximum absolute atomic E-state index is 6.52. The van der Waals surface area contributed by atoms with Gasteiger partial charge in [-0.25, -0.2) is 9.97 Å². The molecular formula is C50H45N6OPt-3. The van der Waals surface area contributed by atoms with Crippen molar-refractivity contribution in [3.8, 4) is 28.4 Å². The number of aryl methyl sites for hydroxylation is 2. The molecule has 0 saturated heterocycles. The second kappa shape index (κ2) is 14.9. The van der Waals surface area contributed by atoms with E-state index in [0.717, 1.165) is 56.1 Å². The SMILES string of the molecule is Cc1cc(C(C)(C)C)cc(C)c1-c1ccc(N2[CH-]N(c3[c-]c(Oc4[c-]c5c(cc4)c4ccccc4n5-c4cc(C(C)(C)C)ccn4)ccc3)c3cnccc32)nc1.[Pt]. The van der Waals surface area contributed by atoms with E-state index in [2.05, 4.69) is 154 Å². The van der Waals surface area contributed by atoms with E-state index in [-0.39, 0.29) is 31.9 Å². The molecular weight excluding hydrogens is 896 g/mol. The maximum Gasteiger partial charge on any atom is 0.135 e. The number of anilines is 4. The Kier molecular flexibility index (Phi) is 10.0. The van der Waals surface area contributed by atoms with Gasteiger partial charge in [-0.3, -0.25) is 4.98 Å². The molecule has 7 nitrogen and oxygen atoms in total. The summed E-state index contributed by atoms with van der Waals surface area (Å²) in [6, 6.07) is 40.6. The summed E-state index contributed by atoms with van der Waals surface area (Å²) in [5.41, 5.74) is 12.1. The Balaban J connectivity index is 0.00000469. The standard InChI is InChI=1S/C50H45N6O.Pt/c1-32-24-36(50(6,7)8)25-33(2)48(32)34-16-19-46(53-29-34)55-31-54(45-30-51-22-21-43(45)55)37-12-11-13-38(27-37)57-39-17-18-41-40-14-9-10-15-42(40)56(44(41)28-39)47-26-35(20-23-52-47)49(3,4)5;/h9-26,29-31H,1-8H3;/q-3;. The Bertz CT molecular complexity index is 2790. The van der Waals surface area contributed by atoms with Crippen molar-refractivity contribution >= 4 is 44.7 Å². The molecule has 0 N–H and O–H groups in total. The van der Waals surface area contributed by atoms with Gasteiger partial charge in [0.25, 0.3) is 0 Å². The molecule has 0 fully saturated rings. The van der Waals surface area contributed by atoms with E-state index < -0.39 is 0 Å². The van der Waals surface area contributed by atoms with E-state index in [1.807, 2.05) is 61.8 Å². The number of nitrogens with zero attached hydrogens (tertiary/aromatic N) is 6. The average Bonchev–Trinajstić information content (AvgIpc) is 3.74. The smallest absolute Gasteiger partial charge is 0.135 e. The van der Waals surface area contributed by atoms with Crippen molar-refractivity contribution in [3.63, 3.8) is 0 Å². The van der Waals surface area contributed by atoms with E-state index in [1.165, 1.54) is 27.8 Å². The summed E-state index contributed by atoms with van der Waals surface area (Å²) >= 11 is 0. The normalized spacial score (nSPS) is 12.9. The Morgan fingerprint density at radius 1 is 0.621 bits per heavy atom. The summed E-state index contributed by atoms with van der Waals surface area (Å²) in [5, 5.41) is 2.22. The first-order valence-corrected chi connectivity index (χ1v) is 19.4. The molecule has 8 heteroatoms. The van der Waals surface area contributed by atoms with Gasteiger partial charge in [0.15, 0.2) is 0 Å². The van der Waals surface area contributed by atoms with Gasteiger partial charge in [0, 0.05) is 74.1 Å². The van der Waals surface area contributed by atoms with E-state index in [4.69, 9.17) is 14.7 Å². The minimum atomic E-state index is -0.0193. The van der Waals surface area contributed by atoms with Crippen LogP contribution in [0.5, 0.6) is 11.5 Å². The van der Waals surface area contributed by atoms with E-state index in [0.29, 0.717) is 11.5 Å². The van der Waals surface area contributed by atoms with Crippen LogP contribution in [0.25, 0.3) is 38.8 Å². The summed E-state index contributed by atoms with van der Waals surface area (Å²) in [4.78, 5) is 18.4. The third kappa shape index (κ3) is 7.07. The largest absolute Gasteiger partial charge is 0.509 e. The predicted molar refractivity (Wildman–Crippen MR) is 232 cm³/mol. The van der Waals surface area contributed by atoms with Crippen molar-refractivity contribution in [1.82, 2.24) is 19.5 Å². The first-order valence-electron chi connectivity index (χ1n) is 19.4. The fraction of sp³-hybridized carbons (Fsp3) is 0.200. The third-order valence-corrected chi connectivity index (χ3v) is 10.8. The minimum Gasteiger partial charge on any atom is -0.509 e. The fourth-order valence-electron chi connectivity index (χ4n) is 7.84. The van der Waals surface area contributed by atoms with Crippen LogP contribution >= 0.6 is 0 Å². The van der Waals surface area contributed by atoms with Gasteiger partial charge in [0.2, 0.25) is 0 Å². The number of hydrogen-bond acceptors (Lipinski definition) is 6. The molecule has 4 aromatic heterocycles. The van der Waals surface area contributed by atoms with E-state index in [9.17, 15) is 0 Å². The van der Waals surface area contributed by atoms with Gasteiger partial charge in [0.05, 0.1) is 5.69 Å². The molecule has 0 radical (unpaired) electrons. The second-order valence-electron chi connectivity index (χ2n) is 17.0. The van der Waals surface area contributed by atoms with Crippen LogP contribution < -0.4 is 14.5 Å². The van der Waals surface area contributed by atoms with Crippen LogP contribution in [0, 0.1) is 32.6 Å². The van der Waals surface area contributed by atoms with Crippen LogP contribution in [-0.4, -0.2) is 19.5 Å². The summed E-state index contributed by atoms with van der Waals surface area (Å²) in [6.07, 6.45) is 7.54. The first kappa shape index (κ1) is 39.1. The zero-order valence-corrected chi connectivity index (χ0v) is 36.3. The van der Waals surface area contributed by atoms with Crippen molar-refractivity contribution in [1.29, 1.82) is 0 Å². The number of fused-ring (bicyclic) bond motifs is 4. The Labute approximate surface area is 355 Å². The molecule has 9 rings (SSSR count). The number of benzene rings is 4. The van der Waals surface area contributed by atoms with Gasteiger partial charge in [-0.15, -0.1) is 48.1 Å². The monoisotopic (exact) mass is 940 g/mol. The number of para-hydroxylation sites is 1. The van der Waals surface area contributed by atoms with Crippen molar-refractivity contribution in [2.45, 2.75) is 66.2 Å². The number of hydrogen-bond donors (Lipinski definition) is 0.